The van der Waals surface area contributed by atoms with Gasteiger partial charge in [0.25, 0.3) is 0 Å². The number of esters is 1. The predicted octanol–water partition coefficient (Wildman–Crippen LogP) is 5.22. The van der Waals surface area contributed by atoms with Crippen molar-refractivity contribution < 1.29 is 23.8 Å². The second-order valence-electron chi connectivity index (χ2n) is 11.2. The Morgan fingerprint density at radius 2 is 1.55 bits per heavy atom. The number of nitrogens with zero attached hydrogens (tertiary/aromatic N) is 2. The van der Waals surface area contributed by atoms with Crippen molar-refractivity contribution in [1.82, 2.24) is 15.1 Å². The van der Waals surface area contributed by atoms with E-state index in [1.807, 2.05) is 80.3 Å². The minimum atomic E-state index is -0.494. The SMILES string of the molecule is COC(=O)C1=C(c2ccc(Oc3ccccc3)cc2)NC2C(C3CCN(C(=O)OC(C)(C)C)CC3)CCN12. The van der Waals surface area contributed by atoms with E-state index in [4.69, 9.17) is 14.2 Å². The van der Waals surface area contributed by atoms with Crippen molar-refractivity contribution in [1.29, 1.82) is 0 Å². The summed E-state index contributed by atoms with van der Waals surface area (Å²) >= 11 is 0. The Balaban J connectivity index is 1.28. The van der Waals surface area contributed by atoms with Crippen molar-refractivity contribution in [2.75, 3.05) is 26.7 Å². The van der Waals surface area contributed by atoms with Crippen LogP contribution in [0, 0.1) is 11.8 Å². The number of hydrogen-bond donors (Lipinski definition) is 1. The Morgan fingerprint density at radius 1 is 0.895 bits per heavy atom. The summed E-state index contributed by atoms with van der Waals surface area (Å²) in [5.41, 5.74) is 1.80. The van der Waals surface area contributed by atoms with Gasteiger partial charge < -0.3 is 29.3 Å². The highest BCUT2D eigenvalue weighted by molar-refractivity contribution is 5.98. The summed E-state index contributed by atoms with van der Waals surface area (Å²) in [4.78, 5) is 29.4. The molecule has 3 aliphatic rings. The van der Waals surface area contributed by atoms with Crippen molar-refractivity contribution in [3.05, 3.63) is 65.9 Å². The number of fused-ring (bicyclic) bond motifs is 1. The van der Waals surface area contributed by atoms with Gasteiger partial charge in [0.15, 0.2) is 0 Å². The van der Waals surface area contributed by atoms with Crippen molar-refractivity contribution in [2.45, 2.75) is 51.8 Å². The van der Waals surface area contributed by atoms with Crippen molar-refractivity contribution in [2.24, 2.45) is 11.8 Å². The molecule has 0 aliphatic carbocycles. The van der Waals surface area contributed by atoms with Crippen LogP contribution in [-0.2, 0) is 14.3 Å². The number of piperidine rings is 1. The van der Waals surface area contributed by atoms with E-state index in [0.717, 1.165) is 48.6 Å². The van der Waals surface area contributed by atoms with Gasteiger partial charge in [-0.15, -0.1) is 0 Å². The number of likely N-dealkylation sites (tertiary alicyclic amines) is 1. The third kappa shape index (κ3) is 5.44. The van der Waals surface area contributed by atoms with Gasteiger partial charge in [0.2, 0.25) is 0 Å². The van der Waals surface area contributed by atoms with Gasteiger partial charge in [-0.25, -0.2) is 9.59 Å². The molecule has 2 saturated heterocycles. The molecular weight excluding hydrogens is 482 g/mol. The Labute approximate surface area is 224 Å². The van der Waals surface area contributed by atoms with E-state index >= 15 is 0 Å². The largest absolute Gasteiger partial charge is 0.464 e. The molecule has 8 nitrogen and oxygen atoms in total. The number of amides is 1. The van der Waals surface area contributed by atoms with E-state index in [9.17, 15) is 9.59 Å². The molecule has 0 saturated carbocycles. The number of hydrogen-bond acceptors (Lipinski definition) is 7. The second-order valence-corrected chi connectivity index (χ2v) is 11.2. The van der Waals surface area contributed by atoms with Gasteiger partial charge in [0.05, 0.1) is 12.8 Å². The van der Waals surface area contributed by atoms with Crippen LogP contribution in [-0.4, -0.2) is 60.4 Å². The molecule has 2 atom stereocenters. The van der Waals surface area contributed by atoms with E-state index < -0.39 is 5.60 Å². The molecule has 202 valence electrons. The lowest BCUT2D eigenvalue weighted by atomic mass is 9.82. The Hall–Kier alpha value is -3.68. The average molecular weight is 520 g/mol. The molecule has 0 radical (unpaired) electrons. The second kappa shape index (κ2) is 10.6. The lowest BCUT2D eigenvalue weighted by Gasteiger charge is -2.37. The highest BCUT2D eigenvalue weighted by atomic mass is 16.6. The minimum Gasteiger partial charge on any atom is -0.464 e. The van der Waals surface area contributed by atoms with E-state index in [-0.39, 0.29) is 18.2 Å². The number of benzene rings is 2. The first-order valence-electron chi connectivity index (χ1n) is 13.4. The topological polar surface area (TPSA) is 80.3 Å². The van der Waals surface area contributed by atoms with Gasteiger partial charge in [0.1, 0.15) is 29.0 Å². The van der Waals surface area contributed by atoms with E-state index in [1.165, 1.54) is 7.11 Å². The maximum atomic E-state index is 12.9. The summed E-state index contributed by atoms with van der Waals surface area (Å²) < 4.78 is 16.7. The summed E-state index contributed by atoms with van der Waals surface area (Å²) in [6.07, 6.45) is 2.62. The summed E-state index contributed by atoms with van der Waals surface area (Å²) in [5, 5.41) is 3.67. The van der Waals surface area contributed by atoms with Crippen LogP contribution in [0.3, 0.4) is 0 Å². The van der Waals surface area contributed by atoms with Gasteiger partial charge in [-0.2, -0.15) is 0 Å². The maximum absolute atomic E-state index is 12.9. The van der Waals surface area contributed by atoms with Crippen LogP contribution in [0.5, 0.6) is 11.5 Å². The van der Waals surface area contributed by atoms with Gasteiger partial charge in [0, 0.05) is 31.1 Å². The lowest BCUT2D eigenvalue weighted by molar-refractivity contribution is -0.137. The molecule has 2 aromatic carbocycles. The molecule has 8 heteroatoms. The molecule has 2 fully saturated rings. The standard InChI is InChI=1S/C30H37N3O5/c1-30(2,3)38-29(35)32-17-14-20(15-18-32)24-16-19-33-26(28(34)36-4)25(31-27(24)33)21-10-12-23(13-11-21)37-22-8-6-5-7-9-22/h5-13,20,24,27,31H,14-19H2,1-4H3. The zero-order valence-electron chi connectivity index (χ0n) is 22.6. The molecule has 2 unspecified atom stereocenters. The van der Waals surface area contributed by atoms with Crippen LogP contribution in [0.15, 0.2) is 60.3 Å². The quantitative estimate of drug-likeness (QED) is 0.543. The molecule has 5 rings (SSSR count). The van der Waals surface area contributed by atoms with E-state index in [2.05, 4.69) is 10.2 Å². The zero-order valence-corrected chi connectivity index (χ0v) is 22.6. The molecule has 1 N–H and O–H groups in total. The molecule has 3 heterocycles. The third-order valence-corrected chi connectivity index (χ3v) is 7.56. The normalized spacial score (nSPS) is 21.7. The van der Waals surface area contributed by atoms with Gasteiger partial charge >= 0.3 is 12.1 Å². The summed E-state index contributed by atoms with van der Waals surface area (Å²) in [6.45, 7) is 7.85. The molecule has 0 aromatic heterocycles. The number of ether oxygens (including phenoxy) is 3. The Bertz CT molecular complexity index is 1180. The molecule has 0 spiro atoms. The third-order valence-electron chi connectivity index (χ3n) is 7.56. The highest BCUT2D eigenvalue weighted by Gasteiger charge is 2.47. The van der Waals surface area contributed by atoms with Crippen molar-refractivity contribution >= 4 is 17.8 Å². The van der Waals surface area contributed by atoms with E-state index in [1.54, 1.807) is 0 Å². The molecule has 0 bridgehead atoms. The average Bonchev–Trinajstić information content (AvgIpc) is 3.48. The smallest absolute Gasteiger partial charge is 0.410 e. The van der Waals surface area contributed by atoms with Crippen LogP contribution >= 0.6 is 0 Å². The number of para-hydroxylation sites is 1. The summed E-state index contributed by atoms with van der Waals surface area (Å²) in [6, 6.07) is 17.4. The fourth-order valence-corrected chi connectivity index (χ4v) is 5.79. The number of carbonyl (C=O) groups is 2. The Morgan fingerprint density at radius 3 is 2.18 bits per heavy atom. The predicted molar refractivity (Wildman–Crippen MR) is 144 cm³/mol. The van der Waals surface area contributed by atoms with Crippen molar-refractivity contribution in [3.8, 4) is 11.5 Å². The number of methoxy groups -OCH3 is 1. The summed E-state index contributed by atoms with van der Waals surface area (Å²) in [7, 11) is 1.43. The maximum Gasteiger partial charge on any atom is 0.410 e. The molecule has 38 heavy (non-hydrogen) atoms. The Kier molecular flexibility index (Phi) is 7.23. The number of carbonyl (C=O) groups excluding carboxylic acids is 2. The summed E-state index contributed by atoms with van der Waals surface area (Å²) in [5.74, 6) is 1.99. The van der Waals surface area contributed by atoms with Gasteiger partial charge in [-0.3, -0.25) is 0 Å². The first-order valence-corrected chi connectivity index (χ1v) is 13.4. The molecular formula is C30H37N3O5. The first kappa shape index (κ1) is 25.9. The van der Waals surface area contributed by atoms with Crippen LogP contribution in [0.2, 0.25) is 0 Å². The van der Waals surface area contributed by atoms with Crippen LogP contribution in [0.4, 0.5) is 4.79 Å². The van der Waals surface area contributed by atoms with E-state index in [0.29, 0.717) is 30.6 Å². The lowest BCUT2D eigenvalue weighted by Crippen LogP contribution is -2.46. The minimum absolute atomic E-state index is 0.0254. The van der Waals surface area contributed by atoms with Gasteiger partial charge in [-0.05, 0) is 82.3 Å². The molecule has 3 aliphatic heterocycles. The first-order chi connectivity index (χ1) is 18.2. The van der Waals surface area contributed by atoms with Crippen LogP contribution in [0.1, 0.15) is 45.6 Å². The highest BCUT2D eigenvalue weighted by Crippen LogP contribution is 2.43. The molecule has 2 aromatic rings. The monoisotopic (exact) mass is 519 g/mol. The van der Waals surface area contributed by atoms with Crippen LogP contribution in [0.25, 0.3) is 5.70 Å². The van der Waals surface area contributed by atoms with Gasteiger partial charge in [-0.1, -0.05) is 18.2 Å². The zero-order chi connectivity index (χ0) is 26.9. The van der Waals surface area contributed by atoms with Crippen molar-refractivity contribution in [3.63, 3.8) is 0 Å². The number of rotatable bonds is 5. The van der Waals surface area contributed by atoms with Crippen LogP contribution < -0.4 is 10.1 Å². The molecule has 1 amide bonds. The number of nitrogens with one attached hydrogen (secondary N) is 1. The fourth-order valence-electron chi connectivity index (χ4n) is 5.79. The fraction of sp³-hybridized carbons (Fsp3) is 0.467.